The highest BCUT2D eigenvalue weighted by Crippen LogP contribution is 2.24. The summed E-state index contributed by atoms with van der Waals surface area (Å²) in [4.78, 5) is 14.9. The highest BCUT2D eigenvalue weighted by atomic mass is 79.9. The van der Waals surface area contributed by atoms with Crippen LogP contribution >= 0.6 is 15.9 Å². The summed E-state index contributed by atoms with van der Waals surface area (Å²) < 4.78 is 2.22. The van der Waals surface area contributed by atoms with Crippen molar-refractivity contribution in [1.82, 2.24) is 29.9 Å². The van der Waals surface area contributed by atoms with Crippen LogP contribution in [0.1, 0.15) is 6.92 Å². The molecule has 19 heavy (non-hydrogen) atoms. The molecule has 0 aromatic carbocycles. The molecule has 9 heteroatoms. The number of aryl methyl sites for hydroxylation is 1. The molecule has 0 aliphatic rings. The lowest BCUT2D eigenvalue weighted by Crippen LogP contribution is -2.16. The summed E-state index contributed by atoms with van der Waals surface area (Å²) >= 11 is 3.35. The highest BCUT2D eigenvalue weighted by Gasteiger charge is 2.17. The third-order valence-corrected chi connectivity index (χ3v) is 2.89. The largest absolute Gasteiger partial charge is 0.354 e. The van der Waals surface area contributed by atoms with Gasteiger partial charge in [0, 0.05) is 27.7 Å². The zero-order valence-corrected chi connectivity index (χ0v) is 12.8. The fourth-order valence-corrected chi connectivity index (χ4v) is 1.98. The van der Waals surface area contributed by atoms with Crippen LogP contribution in [0.25, 0.3) is 11.5 Å². The van der Waals surface area contributed by atoms with Crippen molar-refractivity contribution in [2.24, 2.45) is 7.05 Å². The van der Waals surface area contributed by atoms with Crippen LogP contribution in [0.2, 0.25) is 0 Å². The van der Waals surface area contributed by atoms with Crippen molar-refractivity contribution < 1.29 is 0 Å². The standard InChI is InChI=1S/C10H15BrN8/c1-5-12-9-13-8(14-10(15-9)18(2)3)6-7(11)16-17-19(6)4/h5H2,1-4H3,(H,12,13,14,15). The van der Waals surface area contributed by atoms with Crippen molar-refractivity contribution >= 4 is 27.8 Å². The van der Waals surface area contributed by atoms with Crippen LogP contribution in [0.4, 0.5) is 11.9 Å². The van der Waals surface area contributed by atoms with Gasteiger partial charge in [0.2, 0.25) is 11.9 Å². The first-order valence-corrected chi connectivity index (χ1v) is 6.55. The van der Waals surface area contributed by atoms with Gasteiger partial charge < -0.3 is 10.2 Å². The maximum Gasteiger partial charge on any atom is 0.230 e. The van der Waals surface area contributed by atoms with Crippen LogP contribution in [-0.4, -0.2) is 50.6 Å². The molecule has 0 atom stereocenters. The Bertz CT molecular complexity index is 559. The SMILES string of the molecule is CCNc1nc(-c2c(Br)nnn2C)nc(N(C)C)n1. The van der Waals surface area contributed by atoms with Crippen LogP contribution in [0.15, 0.2) is 4.60 Å². The average Bonchev–Trinajstić information content (AvgIpc) is 2.69. The van der Waals surface area contributed by atoms with Crippen molar-refractivity contribution in [3.05, 3.63) is 4.60 Å². The van der Waals surface area contributed by atoms with Gasteiger partial charge in [-0.15, -0.1) is 5.10 Å². The molecule has 0 fully saturated rings. The van der Waals surface area contributed by atoms with Gasteiger partial charge in [-0.05, 0) is 22.9 Å². The molecule has 102 valence electrons. The molecular weight excluding hydrogens is 312 g/mol. The number of anilines is 2. The fourth-order valence-electron chi connectivity index (χ4n) is 1.48. The van der Waals surface area contributed by atoms with Crippen LogP contribution in [-0.2, 0) is 7.05 Å². The van der Waals surface area contributed by atoms with E-state index in [9.17, 15) is 0 Å². The number of hydrogen-bond donors (Lipinski definition) is 1. The van der Waals surface area contributed by atoms with Gasteiger partial charge >= 0.3 is 0 Å². The van der Waals surface area contributed by atoms with Crippen molar-refractivity contribution in [2.45, 2.75) is 6.92 Å². The molecule has 2 aromatic rings. The number of halogens is 1. The maximum absolute atomic E-state index is 4.41. The molecule has 2 heterocycles. The predicted octanol–water partition coefficient (Wildman–Crippen LogP) is 0.927. The van der Waals surface area contributed by atoms with Gasteiger partial charge in [0.15, 0.2) is 10.4 Å². The summed E-state index contributed by atoms with van der Waals surface area (Å²) in [6.07, 6.45) is 0. The Morgan fingerprint density at radius 3 is 2.53 bits per heavy atom. The Morgan fingerprint density at radius 1 is 1.26 bits per heavy atom. The molecule has 2 aromatic heterocycles. The number of nitrogens with zero attached hydrogens (tertiary/aromatic N) is 7. The number of nitrogens with one attached hydrogen (secondary N) is 1. The van der Waals surface area contributed by atoms with Crippen LogP contribution in [0.3, 0.4) is 0 Å². The second-order valence-electron chi connectivity index (χ2n) is 4.06. The Labute approximate surface area is 119 Å². The maximum atomic E-state index is 4.41. The van der Waals surface area contributed by atoms with E-state index < -0.39 is 0 Å². The van der Waals surface area contributed by atoms with E-state index in [4.69, 9.17) is 0 Å². The fraction of sp³-hybridized carbons (Fsp3) is 0.500. The molecule has 1 N–H and O–H groups in total. The normalized spacial score (nSPS) is 10.6. The Kier molecular flexibility index (Phi) is 3.93. The van der Waals surface area contributed by atoms with Crippen molar-refractivity contribution in [1.29, 1.82) is 0 Å². The minimum absolute atomic E-state index is 0.522. The van der Waals surface area contributed by atoms with E-state index in [0.717, 1.165) is 6.54 Å². The van der Waals surface area contributed by atoms with E-state index in [-0.39, 0.29) is 0 Å². The first-order chi connectivity index (χ1) is 9.02. The van der Waals surface area contributed by atoms with Crippen LogP contribution in [0, 0.1) is 0 Å². The van der Waals surface area contributed by atoms with Gasteiger partial charge in [-0.2, -0.15) is 15.0 Å². The second-order valence-corrected chi connectivity index (χ2v) is 4.81. The second kappa shape index (κ2) is 5.47. The lowest BCUT2D eigenvalue weighted by molar-refractivity contribution is 0.716. The molecule has 0 saturated carbocycles. The highest BCUT2D eigenvalue weighted by molar-refractivity contribution is 9.10. The average molecular weight is 327 g/mol. The molecule has 0 radical (unpaired) electrons. The molecular formula is C10H15BrN8. The van der Waals surface area contributed by atoms with Crippen molar-refractivity contribution in [2.75, 3.05) is 30.9 Å². The zero-order chi connectivity index (χ0) is 14.0. The van der Waals surface area contributed by atoms with Crippen LogP contribution < -0.4 is 10.2 Å². The summed E-state index contributed by atoms with van der Waals surface area (Å²) in [6.45, 7) is 2.72. The molecule has 0 spiro atoms. The van der Waals surface area contributed by atoms with Gasteiger partial charge in [0.25, 0.3) is 0 Å². The van der Waals surface area contributed by atoms with Gasteiger partial charge in [-0.3, -0.25) is 0 Å². The van der Waals surface area contributed by atoms with E-state index in [1.165, 1.54) is 0 Å². The molecule has 8 nitrogen and oxygen atoms in total. The first kappa shape index (κ1) is 13.7. The van der Waals surface area contributed by atoms with Crippen LogP contribution in [0.5, 0.6) is 0 Å². The smallest absolute Gasteiger partial charge is 0.230 e. The monoisotopic (exact) mass is 326 g/mol. The van der Waals surface area contributed by atoms with E-state index in [1.54, 1.807) is 11.7 Å². The zero-order valence-electron chi connectivity index (χ0n) is 11.2. The van der Waals surface area contributed by atoms with Crippen molar-refractivity contribution in [3.8, 4) is 11.5 Å². The molecule has 2 rings (SSSR count). The summed E-state index contributed by atoms with van der Waals surface area (Å²) in [5, 5.41) is 11.0. The molecule has 0 bridgehead atoms. The van der Waals surface area contributed by atoms with Gasteiger partial charge in [-0.25, -0.2) is 4.68 Å². The molecule has 0 amide bonds. The quantitative estimate of drug-likeness (QED) is 0.894. The lowest BCUT2D eigenvalue weighted by Gasteiger charge is -2.13. The van der Waals surface area contributed by atoms with E-state index >= 15 is 0 Å². The number of rotatable bonds is 4. The Morgan fingerprint density at radius 2 is 2.00 bits per heavy atom. The summed E-state index contributed by atoms with van der Waals surface area (Å²) in [6, 6.07) is 0. The number of aromatic nitrogens is 6. The third kappa shape index (κ3) is 2.80. The van der Waals surface area contributed by atoms with E-state index in [2.05, 4.69) is 46.5 Å². The predicted molar refractivity (Wildman–Crippen MR) is 76.0 cm³/mol. The Balaban J connectivity index is 2.56. The third-order valence-electron chi connectivity index (χ3n) is 2.36. The minimum Gasteiger partial charge on any atom is -0.354 e. The summed E-state index contributed by atoms with van der Waals surface area (Å²) in [5.74, 6) is 1.63. The van der Waals surface area contributed by atoms with E-state index in [1.807, 2.05) is 25.9 Å². The van der Waals surface area contributed by atoms with E-state index in [0.29, 0.717) is 28.0 Å². The molecule has 0 aliphatic carbocycles. The molecule has 0 saturated heterocycles. The molecule has 0 unspecified atom stereocenters. The topological polar surface area (TPSA) is 84.7 Å². The summed E-state index contributed by atoms with van der Waals surface area (Å²) in [5.41, 5.74) is 0.713. The molecule has 0 aliphatic heterocycles. The van der Waals surface area contributed by atoms with Gasteiger partial charge in [-0.1, -0.05) is 5.21 Å². The Hall–Kier alpha value is -1.77. The summed E-state index contributed by atoms with van der Waals surface area (Å²) in [7, 11) is 5.55. The first-order valence-electron chi connectivity index (χ1n) is 5.75. The van der Waals surface area contributed by atoms with Gasteiger partial charge in [0.05, 0.1) is 0 Å². The number of hydrogen-bond acceptors (Lipinski definition) is 7. The van der Waals surface area contributed by atoms with Crippen molar-refractivity contribution in [3.63, 3.8) is 0 Å². The lowest BCUT2D eigenvalue weighted by atomic mass is 10.4. The minimum atomic E-state index is 0.522. The van der Waals surface area contributed by atoms with Gasteiger partial charge in [0.1, 0.15) is 5.69 Å².